The van der Waals surface area contributed by atoms with E-state index in [1.165, 1.54) is 5.57 Å². The first-order valence-corrected chi connectivity index (χ1v) is 5.50. The standard InChI is InChI=1S/C12H25NO/c1-6-13-12(9-10(2)3)8-7-11(4)14-5/h11-13H,2,6-9H2,1,3-5H3. The van der Waals surface area contributed by atoms with Gasteiger partial charge in [-0.1, -0.05) is 12.5 Å². The van der Waals surface area contributed by atoms with Crippen LogP contribution in [-0.2, 0) is 4.74 Å². The molecule has 0 spiro atoms. The van der Waals surface area contributed by atoms with E-state index in [0.717, 1.165) is 25.8 Å². The summed E-state index contributed by atoms with van der Waals surface area (Å²) in [6.45, 7) is 11.3. The van der Waals surface area contributed by atoms with E-state index in [0.29, 0.717) is 12.1 Å². The lowest BCUT2D eigenvalue weighted by atomic mass is 10.0. The lowest BCUT2D eigenvalue weighted by Crippen LogP contribution is -2.30. The van der Waals surface area contributed by atoms with Crippen molar-refractivity contribution in [3.8, 4) is 0 Å². The molecule has 0 heterocycles. The minimum Gasteiger partial charge on any atom is -0.382 e. The Balaban J connectivity index is 3.77. The molecule has 0 aliphatic heterocycles. The molecule has 2 unspecified atom stereocenters. The van der Waals surface area contributed by atoms with Gasteiger partial charge in [-0.05, 0) is 39.7 Å². The maximum Gasteiger partial charge on any atom is 0.0543 e. The highest BCUT2D eigenvalue weighted by Gasteiger charge is 2.09. The molecule has 0 aromatic carbocycles. The van der Waals surface area contributed by atoms with Gasteiger partial charge in [-0.15, -0.1) is 6.58 Å². The normalized spacial score (nSPS) is 15.1. The molecule has 0 saturated carbocycles. The third kappa shape index (κ3) is 7.10. The van der Waals surface area contributed by atoms with Crippen LogP contribution >= 0.6 is 0 Å². The largest absolute Gasteiger partial charge is 0.382 e. The molecule has 0 aliphatic rings. The summed E-state index contributed by atoms with van der Waals surface area (Å²) in [5, 5.41) is 3.48. The topological polar surface area (TPSA) is 21.3 Å². The summed E-state index contributed by atoms with van der Waals surface area (Å²) < 4.78 is 5.23. The van der Waals surface area contributed by atoms with Crippen molar-refractivity contribution in [1.82, 2.24) is 5.32 Å². The predicted molar refractivity (Wildman–Crippen MR) is 62.6 cm³/mol. The van der Waals surface area contributed by atoms with Gasteiger partial charge < -0.3 is 10.1 Å². The van der Waals surface area contributed by atoms with E-state index < -0.39 is 0 Å². The smallest absolute Gasteiger partial charge is 0.0543 e. The SMILES string of the molecule is C=C(C)CC(CCC(C)OC)NCC. The van der Waals surface area contributed by atoms with E-state index in [2.05, 4.69) is 32.7 Å². The monoisotopic (exact) mass is 199 g/mol. The van der Waals surface area contributed by atoms with Gasteiger partial charge in [0.1, 0.15) is 0 Å². The van der Waals surface area contributed by atoms with E-state index in [-0.39, 0.29) is 0 Å². The highest BCUT2D eigenvalue weighted by molar-refractivity contribution is 4.92. The van der Waals surface area contributed by atoms with Crippen LogP contribution in [0.25, 0.3) is 0 Å². The van der Waals surface area contributed by atoms with Gasteiger partial charge >= 0.3 is 0 Å². The molecule has 0 amide bonds. The molecule has 14 heavy (non-hydrogen) atoms. The van der Waals surface area contributed by atoms with Crippen molar-refractivity contribution in [3.63, 3.8) is 0 Å². The second-order valence-corrected chi connectivity index (χ2v) is 4.04. The van der Waals surface area contributed by atoms with Crippen molar-refractivity contribution < 1.29 is 4.74 Å². The quantitative estimate of drug-likeness (QED) is 0.607. The molecule has 0 aromatic rings. The predicted octanol–water partition coefficient (Wildman–Crippen LogP) is 2.75. The molecule has 2 nitrogen and oxygen atoms in total. The Labute approximate surface area is 88.7 Å². The van der Waals surface area contributed by atoms with Crippen molar-refractivity contribution >= 4 is 0 Å². The zero-order valence-corrected chi connectivity index (χ0v) is 10.1. The highest BCUT2D eigenvalue weighted by Crippen LogP contribution is 2.10. The Hall–Kier alpha value is -0.340. The van der Waals surface area contributed by atoms with Crippen molar-refractivity contribution in [2.24, 2.45) is 0 Å². The first-order valence-electron chi connectivity index (χ1n) is 5.50. The zero-order chi connectivity index (χ0) is 11.0. The van der Waals surface area contributed by atoms with Crippen molar-refractivity contribution in [1.29, 1.82) is 0 Å². The molecule has 0 aliphatic carbocycles. The summed E-state index contributed by atoms with van der Waals surface area (Å²) in [6, 6.07) is 0.565. The van der Waals surface area contributed by atoms with Crippen LogP contribution in [0.15, 0.2) is 12.2 Å². The number of hydrogen-bond donors (Lipinski definition) is 1. The first kappa shape index (κ1) is 13.7. The van der Waals surface area contributed by atoms with E-state index in [9.17, 15) is 0 Å². The minimum atomic E-state index is 0.362. The lowest BCUT2D eigenvalue weighted by molar-refractivity contribution is 0.106. The third-order valence-electron chi connectivity index (χ3n) is 2.41. The number of hydrogen-bond acceptors (Lipinski definition) is 2. The van der Waals surface area contributed by atoms with Gasteiger partial charge in [-0.2, -0.15) is 0 Å². The van der Waals surface area contributed by atoms with Crippen LogP contribution in [0.3, 0.4) is 0 Å². The molecule has 84 valence electrons. The maximum absolute atomic E-state index is 5.23. The Kier molecular flexibility index (Phi) is 7.81. The van der Waals surface area contributed by atoms with Gasteiger partial charge in [-0.3, -0.25) is 0 Å². The number of rotatable bonds is 8. The Morgan fingerprint density at radius 1 is 1.43 bits per heavy atom. The highest BCUT2D eigenvalue weighted by atomic mass is 16.5. The van der Waals surface area contributed by atoms with Crippen molar-refractivity contribution in [2.75, 3.05) is 13.7 Å². The summed E-state index contributed by atoms with van der Waals surface area (Å²) in [6.07, 6.45) is 3.71. The van der Waals surface area contributed by atoms with Gasteiger partial charge in [0, 0.05) is 13.2 Å². The number of ether oxygens (including phenoxy) is 1. The van der Waals surface area contributed by atoms with Gasteiger partial charge in [0.25, 0.3) is 0 Å². The summed E-state index contributed by atoms with van der Waals surface area (Å²) in [4.78, 5) is 0. The third-order valence-corrected chi connectivity index (χ3v) is 2.41. The van der Waals surface area contributed by atoms with Crippen LogP contribution in [0, 0.1) is 0 Å². The molecular formula is C12H25NO. The van der Waals surface area contributed by atoms with Crippen molar-refractivity contribution in [3.05, 3.63) is 12.2 Å². The van der Waals surface area contributed by atoms with E-state index in [4.69, 9.17) is 4.74 Å². The van der Waals surface area contributed by atoms with E-state index >= 15 is 0 Å². The Bertz CT molecular complexity index is 156. The zero-order valence-electron chi connectivity index (χ0n) is 10.1. The molecule has 0 bridgehead atoms. The average Bonchev–Trinajstić information content (AvgIpc) is 2.13. The molecule has 0 rings (SSSR count). The summed E-state index contributed by atoms with van der Waals surface area (Å²) in [7, 11) is 1.77. The number of methoxy groups -OCH3 is 1. The fourth-order valence-corrected chi connectivity index (χ4v) is 1.54. The van der Waals surface area contributed by atoms with Crippen LogP contribution in [0.2, 0.25) is 0 Å². The summed E-state index contributed by atoms with van der Waals surface area (Å²) in [5.74, 6) is 0. The molecular weight excluding hydrogens is 174 g/mol. The molecule has 0 saturated heterocycles. The Morgan fingerprint density at radius 2 is 2.07 bits per heavy atom. The van der Waals surface area contributed by atoms with Crippen LogP contribution in [0.4, 0.5) is 0 Å². The summed E-state index contributed by atoms with van der Waals surface area (Å²) >= 11 is 0. The average molecular weight is 199 g/mol. The van der Waals surface area contributed by atoms with E-state index in [1.54, 1.807) is 7.11 Å². The Morgan fingerprint density at radius 3 is 2.50 bits per heavy atom. The van der Waals surface area contributed by atoms with Gasteiger partial charge in [0.2, 0.25) is 0 Å². The molecule has 0 aromatic heterocycles. The fourth-order valence-electron chi connectivity index (χ4n) is 1.54. The second-order valence-electron chi connectivity index (χ2n) is 4.04. The second kappa shape index (κ2) is 8.01. The first-order chi connectivity index (χ1) is 6.60. The molecule has 2 heteroatoms. The fraction of sp³-hybridized carbons (Fsp3) is 0.833. The van der Waals surface area contributed by atoms with Crippen LogP contribution in [-0.4, -0.2) is 25.8 Å². The molecule has 1 N–H and O–H groups in total. The van der Waals surface area contributed by atoms with Gasteiger partial charge in [0.15, 0.2) is 0 Å². The summed E-state index contributed by atoms with van der Waals surface area (Å²) in [5.41, 5.74) is 1.25. The molecule has 0 radical (unpaired) electrons. The lowest BCUT2D eigenvalue weighted by Gasteiger charge is -2.19. The molecule has 2 atom stereocenters. The molecule has 0 fully saturated rings. The van der Waals surface area contributed by atoms with Gasteiger partial charge in [0.05, 0.1) is 6.10 Å². The van der Waals surface area contributed by atoms with Crippen LogP contribution in [0.5, 0.6) is 0 Å². The van der Waals surface area contributed by atoms with Crippen LogP contribution < -0.4 is 5.32 Å². The van der Waals surface area contributed by atoms with Gasteiger partial charge in [-0.25, -0.2) is 0 Å². The van der Waals surface area contributed by atoms with Crippen molar-refractivity contribution in [2.45, 2.75) is 52.2 Å². The van der Waals surface area contributed by atoms with E-state index in [1.807, 2.05) is 0 Å². The minimum absolute atomic E-state index is 0.362. The maximum atomic E-state index is 5.23. The number of nitrogens with one attached hydrogen (secondary N) is 1. The van der Waals surface area contributed by atoms with Crippen LogP contribution in [0.1, 0.15) is 40.0 Å².